The van der Waals surface area contributed by atoms with Crippen LogP contribution in [0.2, 0.25) is 0 Å². The first kappa shape index (κ1) is 28.9. The number of sulfonamides is 1. The van der Waals surface area contributed by atoms with Crippen molar-refractivity contribution < 1.29 is 18.0 Å². The fraction of sp³-hybridized carbons (Fsp3) is 0.333. The summed E-state index contributed by atoms with van der Waals surface area (Å²) in [4.78, 5) is 28.6. The van der Waals surface area contributed by atoms with E-state index in [9.17, 15) is 18.0 Å². The molecule has 0 aromatic heterocycles. The fourth-order valence-corrected chi connectivity index (χ4v) is 5.76. The number of nitrogens with zero attached hydrogens (tertiary/aromatic N) is 2. The van der Waals surface area contributed by atoms with Gasteiger partial charge in [0, 0.05) is 13.1 Å². The van der Waals surface area contributed by atoms with Crippen LogP contribution in [-0.2, 0) is 32.6 Å². The SMILES string of the molecule is CCNC(=O)[C@H](CC)N(Cc1ccccc1C)C(=O)CN(c1ccc(CC)cc1)S(=O)(=O)c1ccccc1. The summed E-state index contributed by atoms with van der Waals surface area (Å²) < 4.78 is 28.8. The lowest BCUT2D eigenvalue weighted by atomic mass is 10.1. The van der Waals surface area contributed by atoms with E-state index in [1.807, 2.05) is 64.1 Å². The predicted octanol–water partition coefficient (Wildman–Crippen LogP) is 4.70. The van der Waals surface area contributed by atoms with Gasteiger partial charge in [0.2, 0.25) is 11.8 Å². The van der Waals surface area contributed by atoms with Crippen molar-refractivity contribution in [3.8, 4) is 0 Å². The van der Waals surface area contributed by atoms with Crippen molar-refractivity contribution >= 4 is 27.5 Å². The number of benzene rings is 3. The Labute approximate surface area is 226 Å². The van der Waals surface area contributed by atoms with E-state index in [0.717, 1.165) is 27.4 Å². The Balaban J connectivity index is 2.06. The van der Waals surface area contributed by atoms with Crippen LogP contribution in [0.4, 0.5) is 5.69 Å². The molecule has 202 valence electrons. The topological polar surface area (TPSA) is 86.8 Å². The van der Waals surface area contributed by atoms with Crippen LogP contribution in [0.5, 0.6) is 0 Å². The third-order valence-corrected chi connectivity index (χ3v) is 8.37. The molecule has 0 saturated heterocycles. The molecule has 3 aromatic rings. The van der Waals surface area contributed by atoms with Gasteiger partial charge in [-0.15, -0.1) is 0 Å². The summed E-state index contributed by atoms with van der Waals surface area (Å²) in [5.74, 6) is -0.716. The molecule has 3 rings (SSSR count). The highest BCUT2D eigenvalue weighted by atomic mass is 32.2. The number of likely N-dealkylation sites (N-methyl/N-ethyl adjacent to an activating group) is 1. The summed E-state index contributed by atoms with van der Waals surface area (Å²) >= 11 is 0. The molecular formula is C30H37N3O4S. The zero-order valence-corrected chi connectivity index (χ0v) is 23.4. The maximum atomic E-state index is 14.0. The predicted molar refractivity (Wildman–Crippen MR) is 151 cm³/mol. The second-order valence-corrected chi connectivity index (χ2v) is 11.0. The van der Waals surface area contributed by atoms with Gasteiger partial charge in [-0.1, -0.05) is 68.4 Å². The molecule has 3 aromatic carbocycles. The maximum absolute atomic E-state index is 14.0. The van der Waals surface area contributed by atoms with Crippen molar-refractivity contribution in [3.63, 3.8) is 0 Å². The number of rotatable bonds is 12. The van der Waals surface area contributed by atoms with Gasteiger partial charge in [-0.3, -0.25) is 13.9 Å². The molecule has 2 amide bonds. The van der Waals surface area contributed by atoms with Crippen LogP contribution in [0.1, 0.15) is 43.9 Å². The van der Waals surface area contributed by atoms with E-state index in [2.05, 4.69) is 5.32 Å². The van der Waals surface area contributed by atoms with Gasteiger partial charge in [-0.2, -0.15) is 0 Å². The van der Waals surface area contributed by atoms with Crippen LogP contribution in [0.3, 0.4) is 0 Å². The fourth-order valence-electron chi connectivity index (χ4n) is 4.33. The number of hydrogen-bond donors (Lipinski definition) is 1. The standard InChI is InChI=1S/C30H37N3O4S/c1-5-24-17-19-26(20-18-24)33(38(36,37)27-15-9-8-10-16-27)22-29(34)32(28(6-2)30(35)31-7-3)21-25-14-12-11-13-23(25)4/h8-20,28H,5-7,21-22H2,1-4H3,(H,31,35)/t28-/m0/s1. The molecule has 1 N–H and O–H groups in total. The molecule has 38 heavy (non-hydrogen) atoms. The lowest BCUT2D eigenvalue weighted by molar-refractivity contribution is -0.140. The highest BCUT2D eigenvalue weighted by molar-refractivity contribution is 7.92. The van der Waals surface area contributed by atoms with Crippen LogP contribution >= 0.6 is 0 Å². The van der Waals surface area contributed by atoms with Crippen LogP contribution in [-0.4, -0.2) is 44.3 Å². The molecule has 0 aliphatic rings. The first-order valence-corrected chi connectivity index (χ1v) is 14.4. The van der Waals surface area contributed by atoms with Crippen LogP contribution in [0, 0.1) is 6.92 Å². The van der Waals surface area contributed by atoms with Crippen molar-refractivity contribution in [1.29, 1.82) is 0 Å². The molecule has 0 spiro atoms. The average Bonchev–Trinajstić information content (AvgIpc) is 2.93. The Bertz CT molecular complexity index is 1330. The number of anilines is 1. The van der Waals surface area contributed by atoms with E-state index in [-0.39, 0.29) is 17.3 Å². The van der Waals surface area contributed by atoms with Crippen LogP contribution in [0.25, 0.3) is 0 Å². The quantitative estimate of drug-likeness (QED) is 0.364. The van der Waals surface area contributed by atoms with E-state index in [1.54, 1.807) is 30.3 Å². The largest absolute Gasteiger partial charge is 0.355 e. The van der Waals surface area contributed by atoms with Gasteiger partial charge < -0.3 is 10.2 Å². The summed E-state index contributed by atoms with van der Waals surface area (Å²) in [6.45, 7) is 7.82. The second-order valence-electron chi connectivity index (χ2n) is 9.11. The number of aryl methyl sites for hydroxylation is 2. The molecular weight excluding hydrogens is 498 g/mol. The zero-order chi connectivity index (χ0) is 27.7. The van der Waals surface area contributed by atoms with Crippen molar-refractivity contribution in [1.82, 2.24) is 10.2 Å². The highest BCUT2D eigenvalue weighted by Crippen LogP contribution is 2.25. The van der Waals surface area contributed by atoms with E-state index in [4.69, 9.17) is 0 Å². The third kappa shape index (κ3) is 6.81. The summed E-state index contributed by atoms with van der Waals surface area (Å²) in [7, 11) is -4.06. The molecule has 0 saturated carbocycles. The zero-order valence-electron chi connectivity index (χ0n) is 22.6. The monoisotopic (exact) mass is 535 g/mol. The lowest BCUT2D eigenvalue weighted by Crippen LogP contribution is -2.52. The molecule has 0 fully saturated rings. The summed E-state index contributed by atoms with van der Waals surface area (Å²) in [6.07, 6.45) is 1.19. The first-order chi connectivity index (χ1) is 18.2. The number of carbonyl (C=O) groups excluding carboxylic acids is 2. The van der Waals surface area contributed by atoms with Crippen molar-refractivity contribution in [2.75, 3.05) is 17.4 Å². The minimum atomic E-state index is -4.06. The summed E-state index contributed by atoms with van der Waals surface area (Å²) in [6, 6.07) is 22.2. The Morgan fingerprint density at radius 2 is 1.50 bits per heavy atom. The van der Waals surface area contributed by atoms with E-state index in [1.165, 1.54) is 17.0 Å². The minimum Gasteiger partial charge on any atom is -0.355 e. The molecule has 0 heterocycles. The smallest absolute Gasteiger partial charge is 0.264 e. The number of amides is 2. The van der Waals surface area contributed by atoms with Gasteiger partial charge in [0.15, 0.2) is 0 Å². The van der Waals surface area contributed by atoms with Crippen molar-refractivity contribution in [2.24, 2.45) is 0 Å². The maximum Gasteiger partial charge on any atom is 0.264 e. The molecule has 8 heteroatoms. The molecule has 0 unspecified atom stereocenters. The highest BCUT2D eigenvalue weighted by Gasteiger charge is 2.33. The van der Waals surface area contributed by atoms with Gasteiger partial charge in [-0.25, -0.2) is 8.42 Å². The van der Waals surface area contributed by atoms with E-state index < -0.39 is 28.5 Å². The average molecular weight is 536 g/mol. The Morgan fingerprint density at radius 1 is 0.868 bits per heavy atom. The van der Waals surface area contributed by atoms with E-state index in [0.29, 0.717) is 18.7 Å². The first-order valence-electron chi connectivity index (χ1n) is 13.0. The summed E-state index contributed by atoms with van der Waals surface area (Å²) in [5, 5.41) is 2.82. The Kier molecular flexibility index (Phi) is 10.1. The number of carbonyl (C=O) groups is 2. The van der Waals surface area contributed by atoms with Crippen molar-refractivity contribution in [2.45, 2.75) is 58.0 Å². The molecule has 0 bridgehead atoms. The number of hydrogen-bond acceptors (Lipinski definition) is 4. The second kappa shape index (κ2) is 13.2. The molecule has 0 radical (unpaired) electrons. The van der Waals surface area contributed by atoms with Gasteiger partial charge in [-0.05, 0) is 67.6 Å². The van der Waals surface area contributed by atoms with Gasteiger partial charge in [0.05, 0.1) is 10.6 Å². The number of nitrogens with one attached hydrogen (secondary N) is 1. The Morgan fingerprint density at radius 3 is 2.08 bits per heavy atom. The van der Waals surface area contributed by atoms with Crippen LogP contribution in [0.15, 0.2) is 83.8 Å². The minimum absolute atomic E-state index is 0.0913. The Hall–Kier alpha value is -3.65. The van der Waals surface area contributed by atoms with Gasteiger partial charge >= 0.3 is 0 Å². The third-order valence-electron chi connectivity index (χ3n) is 6.58. The van der Waals surface area contributed by atoms with Gasteiger partial charge in [0.1, 0.15) is 12.6 Å². The molecule has 1 atom stereocenters. The normalized spacial score (nSPS) is 12.0. The summed E-state index contributed by atoms with van der Waals surface area (Å²) in [5.41, 5.74) is 3.33. The van der Waals surface area contributed by atoms with Crippen molar-refractivity contribution in [3.05, 3.63) is 95.6 Å². The molecule has 7 nitrogen and oxygen atoms in total. The molecule has 0 aliphatic carbocycles. The van der Waals surface area contributed by atoms with Crippen LogP contribution < -0.4 is 9.62 Å². The molecule has 0 aliphatic heterocycles. The lowest BCUT2D eigenvalue weighted by Gasteiger charge is -2.33. The van der Waals surface area contributed by atoms with E-state index >= 15 is 0 Å². The van der Waals surface area contributed by atoms with Gasteiger partial charge in [0.25, 0.3) is 10.0 Å².